The molecule has 0 N–H and O–H groups in total. The van der Waals surface area contributed by atoms with Crippen molar-refractivity contribution in [2.24, 2.45) is 0 Å². The predicted molar refractivity (Wildman–Crippen MR) is 353 cm³/mol. The van der Waals surface area contributed by atoms with E-state index in [-0.39, 0.29) is 31.1 Å². The van der Waals surface area contributed by atoms with Crippen LogP contribution in [0.3, 0.4) is 0 Å². The highest BCUT2D eigenvalue weighted by Crippen LogP contribution is 2.18. The Kier molecular flexibility index (Phi) is 67.1. The van der Waals surface area contributed by atoms with Crippen LogP contribution < -0.4 is 0 Å². The molecule has 0 aromatic carbocycles. The Morgan fingerprint density at radius 3 is 0.765 bits per heavy atom. The van der Waals surface area contributed by atoms with Crippen LogP contribution in [0.4, 0.5) is 0 Å². The number of allylic oxidation sites excluding steroid dienone is 10. The molecule has 0 aromatic rings. The van der Waals surface area contributed by atoms with Crippen LogP contribution in [-0.4, -0.2) is 37.2 Å². The van der Waals surface area contributed by atoms with Gasteiger partial charge in [-0.1, -0.05) is 338 Å². The van der Waals surface area contributed by atoms with Crippen molar-refractivity contribution in [3.8, 4) is 0 Å². The standard InChI is InChI=1S/C75H136O6/c1-4-7-10-13-16-19-22-24-26-28-30-32-34-35-36-37-38-39-41-42-44-46-48-50-53-56-59-62-65-68-74(77)80-71-72(70-79-73(76)67-64-61-58-55-52-21-18-15-12-9-6-3)81-75(78)69-66-63-60-57-54-51-49-47-45-43-40-33-31-29-27-25-23-20-17-14-11-8-5-2/h7,10,16,19,24,26,29-32,72H,4-6,8-9,11-15,17-18,20-23,25,27-28,33-71H2,1-3H3/b10-7-,19-16-,26-24-,31-29-,32-30-. The highest BCUT2D eigenvalue weighted by atomic mass is 16.6. The highest BCUT2D eigenvalue weighted by molar-refractivity contribution is 5.71. The fourth-order valence-electron chi connectivity index (χ4n) is 10.7. The molecule has 0 aromatic heterocycles. The lowest BCUT2D eigenvalue weighted by Gasteiger charge is -2.18. The maximum Gasteiger partial charge on any atom is 0.306 e. The van der Waals surface area contributed by atoms with Gasteiger partial charge in [0.05, 0.1) is 0 Å². The Labute approximate surface area is 504 Å². The van der Waals surface area contributed by atoms with Crippen LogP contribution in [0.5, 0.6) is 0 Å². The van der Waals surface area contributed by atoms with Gasteiger partial charge in [0, 0.05) is 19.3 Å². The minimum absolute atomic E-state index is 0.0685. The molecule has 0 spiro atoms. The van der Waals surface area contributed by atoms with Crippen LogP contribution in [0, 0.1) is 0 Å². The maximum atomic E-state index is 12.9. The Bertz CT molecular complexity index is 1440. The van der Waals surface area contributed by atoms with Gasteiger partial charge in [-0.2, -0.15) is 0 Å². The van der Waals surface area contributed by atoms with Gasteiger partial charge in [-0.25, -0.2) is 0 Å². The first kappa shape index (κ1) is 78.1. The van der Waals surface area contributed by atoms with E-state index >= 15 is 0 Å². The molecule has 6 nitrogen and oxygen atoms in total. The van der Waals surface area contributed by atoms with Gasteiger partial charge in [-0.05, 0) is 83.5 Å². The number of carbonyl (C=O) groups is 3. The first-order valence-electron chi connectivity index (χ1n) is 35.8. The van der Waals surface area contributed by atoms with E-state index in [1.165, 1.54) is 257 Å². The number of ether oxygens (including phenoxy) is 3. The number of hydrogen-bond acceptors (Lipinski definition) is 6. The largest absolute Gasteiger partial charge is 0.462 e. The molecule has 0 amide bonds. The first-order chi connectivity index (χ1) is 40.0. The van der Waals surface area contributed by atoms with Gasteiger partial charge in [-0.3, -0.25) is 14.4 Å². The van der Waals surface area contributed by atoms with Gasteiger partial charge in [0.25, 0.3) is 0 Å². The van der Waals surface area contributed by atoms with Crippen molar-refractivity contribution < 1.29 is 28.6 Å². The number of unbranched alkanes of at least 4 members (excludes halogenated alkanes) is 45. The first-order valence-corrected chi connectivity index (χ1v) is 35.8. The van der Waals surface area contributed by atoms with E-state index in [0.29, 0.717) is 19.3 Å². The highest BCUT2D eigenvalue weighted by Gasteiger charge is 2.19. The second kappa shape index (κ2) is 69.6. The quantitative estimate of drug-likeness (QED) is 0.0261. The SMILES string of the molecule is CC/C=C\C/C=C\C/C=C\C/C=C\CCCCCCCCCCCCCCCCCCC(=O)OCC(COC(=O)CCCCCCCCCCCCC)OC(=O)CCCCCCCCCCCCC/C=C\CCCCCCCCCC. The summed E-state index contributed by atoms with van der Waals surface area (Å²) >= 11 is 0. The molecule has 0 fully saturated rings. The lowest BCUT2D eigenvalue weighted by molar-refractivity contribution is -0.167. The van der Waals surface area contributed by atoms with E-state index < -0.39 is 6.10 Å². The lowest BCUT2D eigenvalue weighted by Crippen LogP contribution is -2.30. The number of esters is 3. The summed E-state index contributed by atoms with van der Waals surface area (Å²) < 4.78 is 17.0. The zero-order valence-electron chi connectivity index (χ0n) is 54.3. The van der Waals surface area contributed by atoms with Crippen LogP contribution >= 0.6 is 0 Å². The third-order valence-corrected chi connectivity index (χ3v) is 16.0. The van der Waals surface area contributed by atoms with Crippen LogP contribution in [0.2, 0.25) is 0 Å². The molecule has 472 valence electrons. The smallest absolute Gasteiger partial charge is 0.306 e. The van der Waals surface area contributed by atoms with E-state index in [1.807, 2.05) is 0 Å². The molecule has 1 atom stereocenters. The molecule has 6 heteroatoms. The molecule has 0 aliphatic heterocycles. The Morgan fingerprint density at radius 2 is 0.481 bits per heavy atom. The second-order valence-corrected chi connectivity index (χ2v) is 24.1. The van der Waals surface area contributed by atoms with Crippen LogP contribution in [0.25, 0.3) is 0 Å². The zero-order chi connectivity index (χ0) is 58.5. The summed E-state index contributed by atoms with van der Waals surface area (Å²) in [5.41, 5.74) is 0. The Balaban J connectivity index is 4.17. The molecule has 0 heterocycles. The number of hydrogen-bond donors (Lipinski definition) is 0. The molecule has 1 unspecified atom stereocenters. The van der Waals surface area contributed by atoms with Crippen molar-refractivity contribution in [2.75, 3.05) is 13.2 Å². The number of carbonyl (C=O) groups excluding carboxylic acids is 3. The van der Waals surface area contributed by atoms with E-state index in [0.717, 1.165) is 83.5 Å². The van der Waals surface area contributed by atoms with Gasteiger partial charge in [0.1, 0.15) is 13.2 Å². The normalized spacial score (nSPS) is 12.4. The van der Waals surface area contributed by atoms with Crippen molar-refractivity contribution in [2.45, 2.75) is 386 Å². The lowest BCUT2D eigenvalue weighted by atomic mass is 10.0. The molecule has 0 bridgehead atoms. The molecule has 0 aliphatic carbocycles. The van der Waals surface area contributed by atoms with Crippen molar-refractivity contribution in [1.29, 1.82) is 0 Å². The maximum absolute atomic E-state index is 12.9. The summed E-state index contributed by atoms with van der Waals surface area (Å²) in [4.78, 5) is 38.4. The van der Waals surface area contributed by atoms with Gasteiger partial charge in [-0.15, -0.1) is 0 Å². The third kappa shape index (κ3) is 67.8. The fourth-order valence-corrected chi connectivity index (χ4v) is 10.7. The number of rotatable bonds is 66. The second-order valence-electron chi connectivity index (χ2n) is 24.1. The van der Waals surface area contributed by atoms with Crippen molar-refractivity contribution in [1.82, 2.24) is 0 Å². The summed E-state index contributed by atoms with van der Waals surface area (Å²) in [5, 5.41) is 0. The van der Waals surface area contributed by atoms with Gasteiger partial charge < -0.3 is 14.2 Å². The molecule has 0 radical (unpaired) electrons. The summed E-state index contributed by atoms with van der Waals surface area (Å²) in [7, 11) is 0. The summed E-state index contributed by atoms with van der Waals surface area (Å²) in [6, 6.07) is 0. The van der Waals surface area contributed by atoms with Gasteiger partial charge in [0.2, 0.25) is 0 Å². The topological polar surface area (TPSA) is 78.9 Å². The van der Waals surface area contributed by atoms with Crippen molar-refractivity contribution >= 4 is 17.9 Å². The fraction of sp³-hybridized carbons (Fsp3) is 0.827. The predicted octanol–water partition coefficient (Wildman–Crippen LogP) is 24.7. The van der Waals surface area contributed by atoms with E-state index in [2.05, 4.69) is 81.5 Å². The van der Waals surface area contributed by atoms with E-state index in [9.17, 15) is 14.4 Å². The molecule has 0 saturated heterocycles. The van der Waals surface area contributed by atoms with Crippen molar-refractivity contribution in [3.05, 3.63) is 60.8 Å². The minimum Gasteiger partial charge on any atom is -0.462 e. The Hall–Kier alpha value is -2.89. The average molecular weight is 1130 g/mol. The Morgan fingerprint density at radius 1 is 0.259 bits per heavy atom. The molecule has 0 aliphatic rings. The summed E-state index contributed by atoms with van der Waals surface area (Å²) in [6.45, 7) is 6.58. The van der Waals surface area contributed by atoms with E-state index in [4.69, 9.17) is 14.2 Å². The molecule has 81 heavy (non-hydrogen) atoms. The van der Waals surface area contributed by atoms with Crippen LogP contribution in [-0.2, 0) is 28.6 Å². The monoisotopic (exact) mass is 1130 g/mol. The minimum atomic E-state index is -0.772. The molecular formula is C75H136O6. The van der Waals surface area contributed by atoms with Crippen LogP contribution in [0.1, 0.15) is 380 Å². The van der Waals surface area contributed by atoms with Crippen molar-refractivity contribution in [3.63, 3.8) is 0 Å². The van der Waals surface area contributed by atoms with E-state index in [1.54, 1.807) is 0 Å². The molecule has 0 rings (SSSR count). The summed E-state index contributed by atoms with van der Waals surface area (Å²) in [6.07, 6.45) is 89.7. The zero-order valence-corrected chi connectivity index (χ0v) is 54.3. The molecule has 0 saturated carbocycles. The van der Waals surface area contributed by atoms with Gasteiger partial charge in [0.15, 0.2) is 6.10 Å². The summed E-state index contributed by atoms with van der Waals surface area (Å²) in [5.74, 6) is -0.845. The van der Waals surface area contributed by atoms with Gasteiger partial charge >= 0.3 is 17.9 Å². The van der Waals surface area contributed by atoms with Crippen LogP contribution in [0.15, 0.2) is 60.8 Å². The average Bonchev–Trinajstić information content (AvgIpc) is 3.47. The molecular weight excluding hydrogens is 997 g/mol. The third-order valence-electron chi connectivity index (χ3n) is 16.0.